The lowest BCUT2D eigenvalue weighted by molar-refractivity contribution is -0.129. The molecule has 1 atom stereocenters. The van der Waals surface area contributed by atoms with E-state index in [0.29, 0.717) is 30.0 Å². The van der Waals surface area contributed by atoms with Crippen LogP contribution in [0, 0.1) is 5.92 Å². The number of aromatic amines is 1. The number of nitrogens with one attached hydrogen (secondary N) is 2. The molecule has 8 nitrogen and oxygen atoms in total. The van der Waals surface area contributed by atoms with Crippen LogP contribution in [0.3, 0.4) is 0 Å². The highest BCUT2D eigenvalue weighted by Gasteiger charge is 2.36. The molecule has 1 saturated heterocycles. The predicted molar refractivity (Wildman–Crippen MR) is 82.3 cm³/mol. The Labute approximate surface area is 133 Å². The number of rotatable bonds is 3. The Kier molecular flexibility index (Phi) is 4.05. The van der Waals surface area contributed by atoms with E-state index < -0.39 is 6.04 Å². The SMILES string of the molecule is CC(C)[C@H]1C(=O)NCCN1C(=O)c1ccccc1-c1nn[nH]n1. The van der Waals surface area contributed by atoms with Gasteiger partial charge in [-0.3, -0.25) is 9.59 Å². The van der Waals surface area contributed by atoms with Crippen LogP contribution in [0.25, 0.3) is 11.4 Å². The molecule has 2 N–H and O–H groups in total. The Morgan fingerprint density at radius 2 is 2.13 bits per heavy atom. The van der Waals surface area contributed by atoms with Gasteiger partial charge in [-0.1, -0.05) is 32.0 Å². The van der Waals surface area contributed by atoms with Gasteiger partial charge in [-0.05, 0) is 17.2 Å². The topological polar surface area (TPSA) is 104 Å². The minimum Gasteiger partial charge on any atom is -0.353 e. The number of H-pyrrole nitrogens is 1. The third kappa shape index (κ3) is 2.79. The van der Waals surface area contributed by atoms with E-state index in [1.807, 2.05) is 19.9 Å². The summed E-state index contributed by atoms with van der Waals surface area (Å²) in [6.07, 6.45) is 0. The van der Waals surface area contributed by atoms with Crippen molar-refractivity contribution in [1.82, 2.24) is 30.8 Å². The molecule has 0 bridgehead atoms. The van der Waals surface area contributed by atoms with Crippen LogP contribution < -0.4 is 5.32 Å². The third-order valence-electron chi connectivity index (χ3n) is 3.89. The first-order chi connectivity index (χ1) is 11.1. The van der Waals surface area contributed by atoms with Gasteiger partial charge in [-0.2, -0.15) is 5.21 Å². The first kappa shape index (κ1) is 15.1. The van der Waals surface area contributed by atoms with Gasteiger partial charge in [0.25, 0.3) is 5.91 Å². The fourth-order valence-corrected chi connectivity index (χ4v) is 2.87. The summed E-state index contributed by atoms with van der Waals surface area (Å²) < 4.78 is 0. The van der Waals surface area contributed by atoms with Crippen molar-refractivity contribution in [2.45, 2.75) is 19.9 Å². The van der Waals surface area contributed by atoms with Gasteiger partial charge >= 0.3 is 0 Å². The number of tetrazole rings is 1. The molecule has 1 aliphatic heterocycles. The number of carbonyl (C=O) groups excluding carboxylic acids is 2. The van der Waals surface area contributed by atoms with E-state index in [1.165, 1.54) is 0 Å². The van der Waals surface area contributed by atoms with Gasteiger partial charge in [-0.15, -0.1) is 10.2 Å². The monoisotopic (exact) mass is 314 g/mol. The average Bonchev–Trinajstić information content (AvgIpc) is 3.08. The smallest absolute Gasteiger partial charge is 0.255 e. The molecule has 2 aromatic rings. The summed E-state index contributed by atoms with van der Waals surface area (Å²) in [6.45, 7) is 4.80. The lowest BCUT2D eigenvalue weighted by Gasteiger charge is -2.37. The molecule has 2 heterocycles. The van der Waals surface area contributed by atoms with E-state index in [4.69, 9.17) is 0 Å². The van der Waals surface area contributed by atoms with E-state index in [-0.39, 0.29) is 17.7 Å². The molecule has 2 amide bonds. The molecule has 120 valence electrons. The number of carbonyl (C=O) groups is 2. The van der Waals surface area contributed by atoms with Crippen LogP contribution in [-0.2, 0) is 4.79 Å². The summed E-state index contributed by atoms with van der Waals surface area (Å²) in [6, 6.07) is 6.61. The van der Waals surface area contributed by atoms with Crippen LogP contribution >= 0.6 is 0 Å². The molecule has 1 aromatic heterocycles. The van der Waals surface area contributed by atoms with Gasteiger partial charge < -0.3 is 10.2 Å². The standard InChI is InChI=1S/C15H18N6O2/c1-9(2)12-14(22)16-7-8-21(12)15(23)11-6-4-3-5-10(11)13-17-19-20-18-13/h3-6,9,12H,7-8H2,1-2H3,(H,16,22)(H,17,18,19,20)/t12-/m0/s1. The zero-order valence-electron chi connectivity index (χ0n) is 13.0. The highest BCUT2D eigenvalue weighted by Crippen LogP contribution is 2.24. The highest BCUT2D eigenvalue weighted by molar-refractivity contribution is 6.02. The molecular weight excluding hydrogens is 296 g/mol. The Balaban J connectivity index is 1.99. The lowest BCUT2D eigenvalue weighted by Crippen LogP contribution is -2.59. The van der Waals surface area contributed by atoms with Crippen molar-refractivity contribution >= 4 is 11.8 Å². The van der Waals surface area contributed by atoms with Crippen molar-refractivity contribution in [3.63, 3.8) is 0 Å². The maximum Gasteiger partial charge on any atom is 0.255 e. The fourth-order valence-electron chi connectivity index (χ4n) is 2.87. The maximum absolute atomic E-state index is 13.0. The summed E-state index contributed by atoms with van der Waals surface area (Å²) in [5.74, 6) is 0.0729. The number of hydrogen-bond acceptors (Lipinski definition) is 5. The van der Waals surface area contributed by atoms with Gasteiger partial charge in [0.15, 0.2) is 0 Å². The number of piperazine rings is 1. The minimum atomic E-state index is -0.477. The number of hydrogen-bond donors (Lipinski definition) is 2. The van der Waals surface area contributed by atoms with Crippen molar-refractivity contribution in [3.05, 3.63) is 29.8 Å². The third-order valence-corrected chi connectivity index (χ3v) is 3.89. The normalized spacial score (nSPS) is 18.1. The van der Waals surface area contributed by atoms with Crippen LogP contribution in [0.5, 0.6) is 0 Å². The Morgan fingerprint density at radius 3 is 2.83 bits per heavy atom. The Hall–Kier alpha value is -2.77. The van der Waals surface area contributed by atoms with E-state index in [2.05, 4.69) is 25.9 Å². The first-order valence-corrected chi connectivity index (χ1v) is 7.51. The second-order valence-electron chi connectivity index (χ2n) is 5.76. The molecule has 1 aliphatic rings. The predicted octanol–water partition coefficient (Wildman–Crippen LogP) is 0.463. The van der Waals surface area contributed by atoms with Crippen molar-refractivity contribution in [1.29, 1.82) is 0 Å². The van der Waals surface area contributed by atoms with Gasteiger partial charge in [0, 0.05) is 18.7 Å². The van der Waals surface area contributed by atoms with Crippen LogP contribution in [0.4, 0.5) is 0 Å². The fraction of sp³-hybridized carbons (Fsp3) is 0.400. The van der Waals surface area contributed by atoms with Crippen molar-refractivity contribution < 1.29 is 9.59 Å². The van der Waals surface area contributed by atoms with E-state index in [9.17, 15) is 9.59 Å². The van der Waals surface area contributed by atoms with Crippen LogP contribution in [0.15, 0.2) is 24.3 Å². The molecule has 3 rings (SSSR count). The minimum absolute atomic E-state index is 0.0246. The number of benzene rings is 1. The van der Waals surface area contributed by atoms with Crippen LogP contribution in [0.1, 0.15) is 24.2 Å². The van der Waals surface area contributed by atoms with Crippen molar-refractivity contribution in [2.75, 3.05) is 13.1 Å². The summed E-state index contributed by atoms with van der Waals surface area (Å²) >= 11 is 0. The largest absolute Gasteiger partial charge is 0.353 e. The number of aromatic nitrogens is 4. The first-order valence-electron chi connectivity index (χ1n) is 7.51. The molecule has 0 unspecified atom stereocenters. The molecule has 23 heavy (non-hydrogen) atoms. The lowest BCUT2D eigenvalue weighted by atomic mass is 9.97. The molecule has 1 aromatic carbocycles. The van der Waals surface area contributed by atoms with Crippen LogP contribution in [-0.4, -0.2) is 56.5 Å². The van der Waals surface area contributed by atoms with Crippen molar-refractivity contribution in [3.8, 4) is 11.4 Å². The molecular formula is C15H18N6O2. The molecule has 0 aliphatic carbocycles. The number of nitrogens with zero attached hydrogens (tertiary/aromatic N) is 4. The highest BCUT2D eigenvalue weighted by atomic mass is 16.2. The number of amides is 2. The molecule has 1 fully saturated rings. The zero-order chi connectivity index (χ0) is 16.4. The summed E-state index contributed by atoms with van der Waals surface area (Å²) in [7, 11) is 0. The van der Waals surface area contributed by atoms with E-state index in [1.54, 1.807) is 23.1 Å². The van der Waals surface area contributed by atoms with Gasteiger partial charge in [-0.25, -0.2) is 0 Å². The zero-order valence-corrected chi connectivity index (χ0v) is 13.0. The Bertz CT molecular complexity index is 713. The Morgan fingerprint density at radius 1 is 1.35 bits per heavy atom. The van der Waals surface area contributed by atoms with Crippen LogP contribution in [0.2, 0.25) is 0 Å². The van der Waals surface area contributed by atoms with Gasteiger partial charge in [0.1, 0.15) is 6.04 Å². The summed E-state index contributed by atoms with van der Waals surface area (Å²) in [4.78, 5) is 26.8. The average molecular weight is 314 g/mol. The van der Waals surface area contributed by atoms with E-state index >= 15 is 0 Å². The van der Waals surface area contributed by atoms with Gasteiger partial charge in [0.2, 0.25) is 11.7 Å². The molecule has 8 heteroatoms. The van der Waals surface area contributed by atoms with E-state index in [0.717, 1.165) is 0 Å². The molecule has 0 radical (unpaired) electrons. The second kappa shape index (κ2) is 6.15. The maximum atomic E-state index is 13.0. The molecule has 0 spiro atoms. The molecule has 0 saturated carbocycles. The van der Waals surface area contributed by atoms with Gasteiger partial charge in [0.05, 0.1) is 5.56 Å². The summed E-state index contributed by atoms with van der Waals surface area (Å²) in [5.41, 5.74) is 1.06. The van der Waals surface area contributed by atoms with Crippen molar-refractivity contribution in [2.24, 2.45) is 5.92 Å². The summed E-state index contributed by atoms with van der Waals surface area (Å²) in [5, 5.41) is 16.6. The quantitative estimate of drug-likeness (QED) is 0.856. The second-order valence-corrected chi connectivity index (χ2v) is 5.76.